The largest absolute Gasteiger partial charge is 0.378 e. The van der Waals surface area contributed by atoms with E-state index in [2.05, 4.69) is 14.9 Å². The fourth-order valence-electron chi connectivity index (χ4n) is 3.14. The average molecular weight is 464 g/mol. The van der Waals surface area contributed by atoms with Crippen LogP contribution in [0.1, 0.15) is 19.4 Å². The lowest BCUT2D eigenvalue weighted by molar-refractivity contribution is -0.118. The maximum atomic E-state index is 12.8. The highest BCUT2D eigenvalue weighted by Gasteiger charge is 2.18. The van der Waals surface area contributed by atoms with Gasteiger partial charge >= 0.3 is 0 Å². The Kier molecular flexibility index (Phi) is 7.99. The van der Waals surface area contributed by atoms with Gasteiger partial charge in [0.25, 0.3) is 0 Å². The van der Waals surface area contributed by atoms with Crippen LogP contribution in [0.15, 0.2) is 52.3 Å². The van der Waals surface area contributed by atoms with Crippen molar-refractivity contribution in [1.82, 2.24) is 4.72 Å². The third-order valence-electron chi connectivity index (χ3n) is 5.04. The number of hydrogen-bond donors (Lipinski definition) is 2. The van der Waals surface area contributed by atoms with Gasteiger partial charge in [0.2, 0.25) is 15.9 Å². The molecule has 168 valence electrons. The molecule has 31 heavy (non-hydrogen) atoms. The molecule has 2 N–H and O–H groups in total. The summed E-state index contributed by atoms with van der Waals surface area (Å²) in [6.45, 7) is 6.92. The second-order valence-corrected chi connectivity index (χ2v) is 10.2. The van der Waals surface area contributed by atoms with Crippen LogP contribution in [0, 0.1) is 5.92 Å². The first-order chi connectivity index (χ1) is 14.8. The smallest absolute Gasteiger partial charge is 0.240 e. The van der Waals surface area contributed by atoms with Crippen molar-refractivity contribution < 1.29 is 17.9 Å². The number of anilines is 2. The van der Waals surface area contributed by atoms with Gasteiger partial charge in [-0.1, -0.05) is 26.0 Å². The highest BCUT2D eigenvalue weighted by atomic mass is 32.2. The molecule has 1 amide bonds. The molecule has 1 aliphatic heterocycles. The summed E-state index contributed by atoms with van der Waals surface area (Å²) in [6.07, 6.45) is 1.88. The van der Waals surface area contributed by atoms with Crippen molar-refractivity contribution in [3.05, 3.63) is 48.0 Å². The summed E-state index contributed by atoms with van der Waals surface area (Å²) in [7, 11) is -3.73. The molecule has 0 unspecified atom stereocenters. The van der Waals surface area contributed by atoms with Gasteiger partial charge in [0, 0.05) is 36.1 Å². The predicted octanol–water partition coefficient (Wildman–Crippen LogP) is 3.32. The highest BCUT2D eigenvalue weighted by molar-refractivity contribution is 7.98. The van der Waals surface area contributed by atoms with Crippen LogP contribution in [-0.4, -0.2) is 46.9 Å². The van der Waals surface area contributed by atoms with Gasteiger partial charge in [0.15, 0.2) is 0 Å². The molecule has 0 spiro atoms. The van der Waals surface area contributed by atoms with Crippen molar-refractivity contribution in [2.75, 3.05) is 42.8 Å². The number of carbonyl (C=O) groups excluding carboxylic acids is 1. The summed E-state index contributed by atoms with van der Waals surface area (Å²) in [5, 5.41) is 2.82. The lowest BCUT2D eigenvalue weighted by atomic mass is 10.2. The Bertz CT molecular complexity index is 1000. The molecule has 7 nitrogen and oxygen atoms in total. The zero-order valence-electron chi connectivity index (χ0n) is 18.1. The second-order valence-electron chi connectivity index (χ2n) is 7.60. The maximum Gasteiger partial charge on any atom is 0.240 e. The zero-order valence-corrected chi connectivity index (χ0v) is 19.7. The van der Waals surface area contributed by atoms with Crippen LogP contribution in [0.2, 0.25) is 0 Å². The number of amides is 1. The fourth-order valence-corrected chi connectivity index (χ4v) is 4.71. The minimum atomic E-state index is -3.73. The summed E-state index contributed by atoms with van der Waals surface area (Å²) < 4.78 is 33.7. The van der Waals surface area contributed by atoms with E-state index in [1.54, 1.807) is 26.0 Å². The van der Waals surface area contributed by atoms with E-state index in [0.717, 1.165) is 42.4 Å². The van der Waals surface area contributed by atoms with Crippen molar-refractivity contribution in [1.29, 1.82) is 0 Å². The first-order valence-electron chi connectivity index (χ1n) is 10.2. The number of hydrogen-bond acceptors (Lipinski definition) is 6. The standard InChI is InChI=1S/C22H29N3O4S2/c1-16(2)22(26)24-20-14-19(8-9-21(20)30-3)31(27,28)23-15-17-4-6-18(7-5-17)25-10-12-29-13-11-25/h4-9,14,16,23H,10-13,15H2,1-3H3,(H,24,26). The van der Waals surface area contributed by atoms with E-state index in [9.17, 15) is 13.2 Å². The van der Waals surface area contributed by atoms with E-state index in [1.165, 1.54) is 17.8 Å². The average Bonchev–Trinajstić information content (AvgIpc) is 2.78. The first kappa shape index (κ1) is 23.6. The van der Waals surface area contributed by atoms with Gasteiger partial charge in [-0.25, -0.2) is 13.1 Å². The third kappa shape index (κ3) is 6.22. The summed E-state index contributed by atoms with van der Waals surface area (Å²) >= 11 is 1.45. The number of nitrogens with zero attached hydrogens (tertiary/aromatic N) is 1. The van der Waals surface area contributed by atoms with E-state index in [4.69, 9.17) is 4.74 Å². The quantitative estimate of drug-likeness (QED) is 0.584. The number of sulfonamides is 1. The van der Waals surface area contributed by atoms with Crippen LogP contribution in [0.3, 0.4) is 0 Å². The lowest BCUT2D eigenvalue weighted by Crippen LogP contribution is -2.36. The SMILES string of the molecule is CSc1ccc(S(=O)(=O)NCc2ccc(N3CCOCC3)cc2)cc1NC(=O)C(C)C. The minimum absolute atomic E-state index is 0.120. The van der Waals surface area contributed by atoms with Crippen molar-refractivity contribution in [3.8, 4) is 0 Å². The second kappa shape index (κ2) is 10.5. The molecule has 0 aromatic heterocycles. The molecule has 3 rings (SSSR count). The van der Waals surface area contributed by atoms with Gasteiger partial charge in [-0.05, 0) is 42.2 Å². The Morgan fingerprint density at radius 3 is 2.42 bits per heavy atom. The summed E-state index contributed by atoms with van der Waals surface area (Å²) in [5.74, 6) is -0.355. The van der Waals surface area contributed by atoms with Gasteiger partial charge in [0.05, 0.1) is 23.8 Å². The Hall–Kier alpha value is -2.07. The highest BCUT2D eigenvalue weighted by Crippen LogP contribution is 2.28. The molecule has 1 fully saturated rings. The van der Waals surface area contributed by atoms with E-state index in [-0.39, 0.29) is 23.3 Å². The van der Waals surface area contributed by atoms with Crippen LogP contribution in [-0.2, 0) is 26.1 Å². The fraction of sp³-hybridized carbons (Fsp3) is 0.409. The third-order valence-corrected chi connectivity index (χ3v) is 7.24. The molecule has 0 atom stereocenters. The van der Waals surface area contributed by atoms with Crippen molar-refractivity contribution in [2.24, 2.45) is 5.92 Å². The van der Waals surface area contributed by atoms with Gasteiger partial charge in [-0.2, -0.15) is 0 Å². The topological polar surface area (TPSA) is 87.7 Å². The van der Waals surface area contributed by atoms with Crippen LogP contribution in [0.5, 0.6) is 0 Å². The van der Waals surface area contributed by atoms with Gasteiger partial charge in [-0.15, -0.1) is 11.8 Å². The summed E-state index contributed by atoms with van der Waals surface area (Å²) in [5.41, 5.74) is 2.48. The van der Waals surface area contributed by atoms with Crippen molar-refractivity contribution in [3.63, 3.8) is 0 Å². The van der Waals surface area contributed by atoms with E-state index < -0.39 is 10.0 Å². The van der Waals surface area contributed by atoms with Crippen molar-refractivity contribution >= 4 is 39.1 Å². The maximum absolute atomic E-state index is 12.8. The number of nitrogens with one attached hydrogen (secondary N) is 2. The van der Waals surface area contributed by atoms with Crippen molar-refractivity contribution in [2.45, 2.75) is 30.2 Å². The molecule has 0 aliphatic carbocycles. The number of ether oxygens (including phenoxy) is 1. The number of thioether (sulfide) groups is 1. The van der Waals surface area contributed by atoms with Gasteiger partial charge in [-0.3, -0.25) is 4.79 Å². The molecular weight excluding hydrogens is 434 g/mol. The monoisotopic (exact) mass is 463 g/mol. The number of carbonyl (C=O) groups is 1. The molecule has 1 saturated heterocycles. The van der Waals surface area contributed by atoms with Gasteiger partial charge in [0.1, 0.15) is 0 Å². The molecule has 0 saturated carbocycles. The van der Waals surface area contributed by atoms with E-state index in [0.29, 0.717) is 5.69 Å². The van der Waals surface area contributed by atoms with Gasteiger partial charge < -0.3 is 15.0 Å². The van der Waals surface area contributed by atoms with Crippen LogP contribution in [0.4, 0.5) is 11.4 Å². The lowest BCUT2D eigenvalue weighted by Gasteiger charge is -2.28. The summed E-state index contributed by atoms with van der Waals surface area (Å²) in [6, 6.07) is 12.6. The summed E-state index contributed by atoms with van der Waals surface area (Å²) in [4.78, 5) is 15.3. The van der Waals surface area contributed by atoms with Crippen LogP contribution < -0.4 is 14.9 Å². The Labute approximate surface area is 188 Å². The minimum Gasteiger partial charge on any atom is -0.378 e. The number of benzene rings is 2. The molecule has 2 aromatic rings. The number of morpholine rings is 1. The molecule has 1 heterocycles. The predicted molar refractivity (Wildman–Crippen MR) is 125 cm³/mol. The molecule has 2 aromatic carbocycles. The normalized spacial score (nSPS) is 14.6. The van der Waals surface area contributed by atoms with Crippen LogP contribution in [0.25, 0.3) is 0 Å². The van der Waals surface area contributed by atoms with E-state index >= 15 is 0 Å². The molecule has 1 aliphatic rings. The zero-order chi connectivity index (χ0) is 22.4. The number of rotatable bonds is 8. The Balaban J connectivity index is 1.69. The first-order valence-corrected chi connectivity index (χ1v) is 12.9. The Morgan fingerprint density at radius 1 is 1.13 bits per heavy atom. The molecule has 0 bridgehead atoms. The van der Waals surface area contributed by atoms with E-state index in [1.807, 2.05) is 30.5 Å². The molecule has 0 radical (unpaired) electrons. The van der Waals surface area contributed by atoms with Crippen LogP contribution >= 0.6 is 11.8 Å². The molecule has 9 heteroatoms. The molecular formula is C22H29N3O4S2. The Morgan fingerprint density at radius 2 is 1.81 bits per heavy atom.